The first-order valence-corrected chi connectivity index (χ1v) is 12.1. The molecule has 0 aliphatic carbocycles. The average molecular weight is 472 g/mol. The van der Waals surface area contributed by atoms with Crippen molar-refractivity contribution in [3.63, 3.8) is 0 Å². The zero-order chi connectivity index (χ0) is 23.4. The summed E-state index contributed by atoms with van der Waals surface area (Å²) in [6, 6.07) is 8.50. The van der Waals surface area contributed by atoms with Gasteiger partial charge in [0.15, 0.2) is 0 Å². The number of benzene rings is 1. The summed E-state index contributed by atoms with van der Waals surface area (Å²) in [7, 11) is 1.77. The second kappa shape index (κ2) is 10.4. The van der Waals surface area contributed by atoms with Gasteiger partial charge in [-0.3, -0.25) is 14.4 Å². The van der Waals surface area contributed by atoms with Crippen LogP contribution in [0.2, 0.25) is 0 Å². The zero-order valence-corrected chi connectivity index (χ0v) is 19.7. The minimum absolute atomic E-state index is 0.0148. The van der Waals surface area contributed by atoms with Gasteiger partial charge in [0.2, 0.25) is 5.91 Å². The standard InChI is InChI=1S/C24H29N3O5S/c1-3-10-25-22(28)13-16-7-8-18-20(32-16)14-31-19-9-6-15(12-17(19)24(30)27(18)2)26-23(29)21-5-4-11-33-21/h4-6,9,11-12,16,18,20H,3,7-8,10,13-14H2,1-2H3,(H,25,28)(H,26,29)/t16-,18+,20+/m1/s1. The third kappa shape index (κ3) is 5.36. The molecule has 0 saturated carbocycles. The van der Waals surface area contributed by atoms with Gasteiger partial charge in [0.25, 0.3) is 11.8 Å². The van der Waals surface area contributed by atoms with Crippen LogP contribution in [0.25, 0.3) is 0 Å². The molecule has 4 rings (SSSR count). The van der Waals surface area contributed by atoms with Crippen molar-refractivity contribution >= 4 is 34.7 Å². The van der Waals surface area contributed by atoms with E-state index in [0.717, 1.165) is 12.8 Å². The molecule has 2 aliphatic heterocycles. The van der Waals surface area contributed by atoms with Gasteiger partial charge in [-0.05, 0) is 48.9 Å². The predicted molar refractivity (Wildman–Crippen MR) is 126 cm³/mol. The Labute approximate surface area is 197 Å². The molecule has 0 unspecified atom stereocenters. The van der Waals surface area contributed by atoms with E-state index in [1.165, 1.54) is 11.3 Å². The smallest absolute Gasteiger partial charge is 0.265 e. The highest BCUT2D eigenvalue weighted by Crippen LogP contribution is 2.32. The van der Waals surface area contributed by atoms with Crippen LogP contribution in [0.1, 0.15) is 52.6 Å². The summed E-state index contributed by atoms with van der Waals surface area (Å²) in [4.78, 5) is 40.1. The van der Waals surface area contributed by atoms with E-state index in [2.05, 4.69) is 10.6 Å². The van der Waals surface area contributed by atoms with Gasteiger partial charge in [0, 0.05) is 19.3 Å². The molecule has 2 N–H and O–H groups in total. The first-order chi connectivity index (χ1) is 16.0. The summed E-state index contributed by atoms with van der Waals surface area (Å²) >= 11 is 1.36. The van der Waals surface area contributed by atoms with Crippen LogP contribution in [-0.2, 0) is 9.53 Å². The number of fused-ring (bicyclic) bond motifs is 2. The van der Waals surface area contributed by atoms with Gasteiger partial charge in [0.05, 0.1) is 29.0 Å². The predicted octanol–water partition coefficient (Wildman–Crippen LogP) is 3.30. The van der Waals surface area contributed by atoms with Gasteiger partial charge in [-0.25, -0.2) is 0 Å². The minimum atomic E-state index is -0.317. The Morgan fingerprint density at radius 3 is 2.85 bits per heavy atom. The van der Waals surface area contributed by atoms with Crippen molar-refractivity contribution in [2.45, 2.75) is 50.9 Å². The molecule has 3 atom stereocenters. The maximum Gasteiger partial charge on any atom is 0.265 e. The summed E-state index contributed by atoms with van der Waals surface area (Å²) in [6.45, 7) is 2.95. The fraction of sp³-hybridized carbons (Fsp3) is 0.458. The summed E-state index contributed by atoms with van der Waals surface area (Å²) in [6.07, 6.45) is 2.12. The molecule has 176 valence electrons. The maximum absolute atomic E-state index is 13.3. The monoisotopic (exact) mass is 471 g/mol. The molecule has 1 fully saturated rings. The number of nitrogens with one attached hydrogen (secondary N) is 2. The van der Waals surface area contributed by atoms with Crippen LogP contribution < -0.4 is 15.4 Å². The fourth-order valence-electron chi connectivity index (χ4n) is 4.25. The second-order valence-corrected chi connectivity index (χ2v) is 9.31. The highest BCUT2D eigenvalue weighted by atomic mass is 32.1. The molecular formula is C24H29N3O5S. The second-order valence-electron chi connectivity index (χ2n) is 8.36. The van der Waals surface area contributed by atoms with Crippen LogP contribution in [-0.4, -0.2) is 61.1 Å². The van der Waals surface area contributed by atoms with Crippen molar-refractivity contribution in [1.82, 2.24) is 10.2 Å². The first-order valence-electron chi connectivity index (χ1n) is 11.3. The molecule has 1 aromatic heterocycles. The number of nitrogens with zero attached hydrogens (tertiary/aromatic N) is 1. The molecule has 9 heteroatoms. The van der Waals surface area contributed by atoms with Crippen molar-refractivity contribution in [2.75, 3.05) is 25.5 Å². The summed E-state index contributed by atoms with van der Waals surface area (Å²) in [5.41, 5.74) is 0.939. The van der Waals surface area contributed by atoms with Gasteiger partial charge in [-0.15, -0.1) is 11.3 Å². The molecule has 33 heavy (non-hydrogen) atoms. The third-order valence-electron chi connectivity index (χ3n) is 6.00. The molecule has 2 aliphatic rings. The molecule has 3 heterocycles. The minimum Gasteiger partial charge on any atom is -0.490 e. The lowest BCUT2D eigenvalue weighted by Crippen LogP contribution is -2.54. The van der Waals surface area contributed by atoms with E-state index in [4.69, 9.17) is 9.47 Å². The first kappa shape index (κ1) is 23.3. The molecule has 0 spiro atoms. The Bertz CT molecular complexity index is 1010. The third-order valence-corrected chi connectivity index (χ3v) is 6.87. The SMILES string of the molecule is CCCNC(=O)C[C@H]1CC[C@H]2[C@H](COc3ccc(NC(=O)c4cccs4)cc3C(=O)N2C)O1. The number of thiophene rings is 1. The molecule has 1 aromatic carbocycles. The Hall–Kier alpha value is -2.91. The lowest BCUT2D eigenvalue weighted by molar-refractivity contribution is -0.134. The van der Waals surface area contributed by atoms with Gasteiger partial charge in [-0.2, -0.15) is 0 Å². The molecule has 1 saturated heterocycles. The van der Waals surface area contributed by atoms with Crippen LogP contribution in [0.4, 0.5) is 5.69 Å². The van der Waals surface area contributed by atoms with Crippen LogP contribution in [0.5, 0.6) is 5.75 Å². The molecule has 3 amide bonds. The van der Waals surface area contributed by atoms with Crippen molar-refractivity contribution in [1.29, 1.82) is 0 Å². The Morgan fingerprint density at radius 1 is 1.24 bits per heavy atom. The summed E-state index contributed by atoms with van der Waals surface area (Å²) < 4.78 is 12.2. The number of carbonyl (C=O) groups excluding carboxylic acids is 3. The molecular weight excluding hydrogens is 442 g/mol. The lowest BCUT2D eigenvalue weighted by atomic mass is 9.94. The van der Waals surface area contributed by atoms with Crippen molar-refractivity contribution in [2.24, 2.45) is 0 Å². The summed E-state index contributed by atoms with van der Waals surface area (Å²) in [5, 5.41) is 7.57. The maximum atomic E-state index is 13.3. The number of rotatable bonds is 6. The van der Waals surface area contributed by atoms with Gasteiger partial charge in [-0.1, -0.05) is 13.0 Å². The van der Waals surface area contributed by atoms with Crippen LogP contribution >= 0.6 is 11.3 Å². The quantitative estimate of drug-likeness (QED) is 0.674. The van der Waals surface area contributed by atoms with E-state index in [1.54, 1.807) is 36.2 Å². The highest BCUT2D eigenvalue weighted by molar-refractivity contribution is 7.12. The lowest BCUT2D eigenvalue weighted by Gasteiger charge is -2.42. The normalized spacial score (nSPS) is 22.3. The Kier molecular flexibility index (Phi) is 7.29. The molecule has 0 bridgehead atoms. The van der Waals surface area contributed by atoms with Gasteiger partial charge in [0.1, 0.15) is 18.5 Å². The number of likely N-dealkylation sites (N-methyl/N-ethyl adjacent to an activating group) is 1. The Balaban J connectivity index is 1.46. The van der Waals surface area contributed by atoms with Crippen molar-refractivity contribution < 1.29 is 23.9 Å². The van der Waals surface area contributed by atoms with Gasteiger partial charge < -0.3 is 25.0 Å². The Morgan fingerprint density at radius 2 is 2.09 bits per heavy atom. The summed E-state index contributed by atoms with van der Waals surface area (Å²) in [5.74, 6) is 0.0340. The number of anilines is 1. The van der Waals surface area contributed by atoms with Gasteiger partial charge >= 0.3 is 0 Å². The number of ether oxygens (including phenoxy) is 2. The number of hydrogen-bond acceptors (Lipinski definition) is 6. The zero-order valence-electron chi connectivity index (χ0n) is 18.8. The van der Waals surface area contributed by atoms with Crippen LogP contribution in [0.15, 0.2) is 35.7 Å². The number of carbonyl (C=O) groups is 3. The number of amides is 3. The molecule has 2 aromatic rings. The van der Waals surface area contributed by atoms with E-state index in [1.807, 2.05) is 18.4 Å². The fourth-order valence-corrected chi connectivity index (χ4v) is 4.87. The van der Waals surface area contributed by atoms with E-state index in [-0.39, 0.29) is 42.6 Å². The largest absolute Gasteiger partial charge is 0.490 e. The number of hydrogen-bond donors (Lipinski definition) is 2. The van der Waals surface area contributed by atoms with E-state index >= 15 is 0 Å². The molecule has 0 radical (unpaired) electrons. The molecule has 8 nitrogen and oxygen atoms in total. The van der Waals surface area contributed by atoms with E-state index in [0.29, 0.717) is 41.3 Å². The van der Waals surface area contributed by atoms with E-state index in [9.17, 15) is 14.4 Å². The van der Waals surface area contributed by atoms with E-state index < -0.39 is 0 Å². The van der Waals surface area contributed by atoms with Crippen molar-refractivity contribution in [3.05, 3.63) is 46.2 Å². The van der Waals surface area contributed by atoms with Crippen molar-refractivity contribution in [3.8, 4) is 5.75 Å². The topological polar surface area (TPSA) is 97.0 Å². The average Bonchev–Trinajstić information content (AvgIpc) is 3.36. The highest BCUT2D eigenvalue weighted by Gasteiger charge is 2.39. The van der Waals surface area contributed by atoms with Crippen LogP contribution in [0, 0.1) is 0 Å². The van der Waals surface area contributed by atoms with Crippen LogP contribution in [0.3, 0.4) is 0 Å².